The van der Waals surface area contributed by atoms with Crippen molar-refractivity contribution >= 4 is 35.4 Å². The van der Waals surface area contributed by atoms with E-state index < -0.39 is 0 Å². The van der Waals surface area contributed by atoms with E-state index in [1.807, 2.05) is 62.3 Å². The number of aromatic nitrogens is 6. The molecule has 0 saturated heterocycles. The summed E-state index contributed by atoms with van der Waals surface area (Å²) in [6.45, 7) is 85.1. The van der Waals surface area contributed by atoms with E-state index in [-0.39, 0.29) is 68.7 Å². The van der Waals surface area contributed by atoms with Crippen molar-refractivity contribution < 1.29 is 55.9 Å². The third-order valence-corrected chi connectivity index (χ3v) is 26.5. The summed E-state index contributed by atoms with van der Waals surface area (Å²) in [7, 11) is 0. The number of hydrogen-bond donors (Lipinski definition) is 6. The first kappa shape index (κ1) is 117. The van der Waals surface area contributed by atoms with Gasteiger partial charge in [-0.2, -0.15) is 0 Å². The molecule has 0 aliphatic heterocycles. The van der Waals surface area contributed by atoms with Crippen LogP contribution in [0.2, 0.25) is 0 Å². The van der Waals surface area contributed by atoms with Crippen molar-refractivity contribution in [3.8, 4) is 0 Å². The summed E-state index contributed by atoms with van der Waals surface area (Å²) in [4.78, 5) is 88.0. The van der Waals surface area contributed by atoms with E-state index in [0.29, 0.717) is 73.4 Å². The Bertz CT molecular complexity index is 4030. The van der Waals surface area contributed by atoms with Crippen LogP contribution in [0.15, 0.2) is 45.3 Å². The lowest BCUT2D eigenvalue weighted by Crippen LogP contribution is -2.55. The number of rotatable bonds is 52. The molecular weight excluding hydrogens is 1610 g/mol. The second-order valence-corrected chi connectivity index (χ2v) is 33.6. The monoisotopic (exact) mass is 1790 g/mol. The molecule has 6 amide bonds. The van der Waals surface area contributed by atoms with Gasteiger partial charge in [-0.25, -0.2) is 0 Å². The van der Waals surface area contributed by atoms with Crippen molar-refractivity contribution in [1.82, 2.24) is 92.2 Å². The highest BCUT2D eigenvalue weighted by molar-refractivity contribution is 5.95. The Morgan fingerprint density at radius 2 is 0.480 bits per heavy atom. The highest BCUT2D eigenvalue weighted by Crippen LogP contribution is 2.28. The molecule has 0 aliphatic carbocycles. The molecule has 30 nitrogen and oxygen atoms in total. The van der Waals surface area contributed by atoms with Crippen molar-refractivity contribution in [2.45, 2.75) is 364 Å². The van der Waals surface area contributed by atoms with Gasteiger partial charge in [0.1, 0.15) is 34.6 Å². The fourth-order valence-electron chi connectivity index (χ4n) is 17.2. The summed E-state index contributed by atoms with van der Waals surface area (Å²) >= 11 is 0. The van der Waals surface area contributed by atoms with Gasteiger partial charge in [-0.1, -0.05) is 224 Å². The van der Waals surface area contributed by atoms with Gasteiger partial charge in [0.05, 0.1) is 0 Å². The molecule has 6 aromatic heterocycles. The first-order chi connectivity index (χ1) is 60.4. The van der Waals surface area contributed by atoms with Crippen LogP contribution in [0.25, 0.3) is 0 Å². The summed E-state index contributed by atoms with van der Waals surface area (Å²) < 4.78 is 30.9. The molecule has 726 valence electrons. The number of aryl methyl sites for hydroxylation is 6. The molecule has 0 aromatic carbocycles. The molecule has 0 aliphatic rings. The zero-order chi connectivity index (χ0) is 96.5. The van der Waals surface area contributed by atoms with Crippen LogP contribution in [0, 0.1) is 20.8 Å². The second kappa shape index (κ2) is 59.9. The number of nitrogens with one attached hydrogen (secondary N) is 6. The fraction of sp³-hybridized carbons (Fsp3) is 0.753. The van der Waals surface area contributed by atoms with E-state index in [4.69, 9.17) is 27.1 Å². The molecular formula is C97H176N18O12. The van der Waals surface area contributed by atoms with Crippen molar-refractivity contribution in [3.63, 3.8) is 0 Å². The maximum absolute atomic E-state index is 12.4. The van der Waals surface area contributed by atoms with Crippen LogP contribution in [0.4, 0.5) is 0 Å². The molecule has 6 heterocycles. The Morgan fingerprint density at radius 3 is 0.669 bits per heavy atom. The lowest BCUT2D eigenvalue weighted by atomic mass is 9.90. The highest BCUT2D eigenvalue weighted by atomic mass is 16.5. The average Bonchev–Trinajstić information content (AvgIpc) is 1.75. The third-order valence-electron chi connectivity index (χ3n) is 26.5. The number of nitrogens with zero attached hydrogens (tertiary/aromatic N) is 12. The maximum atomic E-state index is 12.4. The maximum Gasteiger partial charge on any atom is 0.273 e. The van der Waals surface area contributed by atoms with Crippen LogP contribution < -0.4 is 31.9 Å². The van der Waals surface area contributed by atoms with Crippen LogP contribution in [0.1, 0.15) is 386 Å². The van der Waals surface area contributed by atoms with Crippen LogP contribution in [-0.4, -0.2) is 247 Å². The number of likely N-dealkylation sites (N-methyl/N-ethyl adjacent to an activating group) is 6. The first-order valence-electron chi connectivity index (χ1n) is 48.3. The predicted octanol–water partition coefficient (Wildman–Crippen LogP) is 17.3. The Balaban J connectivity index is 0.000000762. The Labute approximate surface area is 765 Å². The summed E-state index contributed by atoms with van der Waals surface area (Å²) in [5, 5.41) is 41.3. The molecule has 6 rings (SSSR count). The average molecular weight is 1790 g/mol. The van der Waals surface area contributed by atoms with Crippen LogP contribution in [0.3, 0.4) is 0 Å². The van der Waals surface area contributed by atoms with Gasteiger partial charge in [0.2, 0.25) is 0 Å². The normalized spacial score (nSPS) is 13.4. The van der Waals surface area contributed by atoms with E-state index >= 15 is 0 Å². The number of amides is 6. The minimum atomic E-state index is -0.166. The molecule has 0 radical (unpaired) electrons. The van der Waals surface area contributed by atoms with E-state index in [1.54, 1.807) is 18.2 Å². The fourth-order valence-corrected chi connectivity index (χ4v) is 17.2. The molecule has 0 fully saturated rings. The molecule has 6 aromatic rings. The topological polar surface area (TPSA) is 350 Å². The number of carbonyl (C=O) groups is 6. The second-order valence-electron chi connectivity index (χ2n) is 33.6. The largest absolute Gasteiger partial charge is 0.361 e. The van der Waals surface area contributed by atoms with Gasteiger partial charge in [-0.3, -0.25) is 58.2 Å². The Kier molecular flexibility index (Phi) is 55.1. The van der Waals surface area contributed by atoms with Crippen molar-refractivity contribution in [2.75, 3.05) is 118 Å². The lowest BCUT2D eigenvalue weighted by molar-refractivity contribution is 0.0746. The SMILES string of the molecule is CCCC(C)(CNC(=O)c1cc(CC)on1)N(CC)CC.CCCC(C)(CNC(=O)c1noc(CC)c1C)N(CC)CC.CCc1cc(C(=O)NCC(C)(CC)N(CC)CC)no1.CCc1cc(C(=O)NCC(CC)(CC)N(CC)CC)no1.CCc1onc(C(=O)NCC(C)(CC)N(CC)CC)c1C.CCc1onc(C(=O)NCC(CC)(CC)N(CC)CC)c1C. The number of carbonyl (C=O) groups excluding carboxylic acids is 6. The minimum absolute atomic E-state index is 0.00435. The smallest absolute Gasteiger partial charge is 0.273 e. The molecule has 4 atom stereocenters. The van der Waals surface area contributed by atoms with Crippen LogP contribution in [-0.2, 0) is 38.5 Å². The van der Waals surface area contributed by atoms with E-state index in [2.05, 4.69) is 258 Å². The summed E-state index contributed by atoms with van der Waals surface area (Å²) in [5.74, 6) is 3.64. The standard InChI is InChI=1S/2C17H31N3O2.3C16H29N3O2.C15H27N3O2/c1-7-11-17(6,20(9-3)10-4)12-18-16(21)15-13(5)14(8-2)22-19-15;1-7-14-13(6)15(19-22-14)16(21)18-12-17(8-2,9-3)20(10-4)11-5;1-7-13-12(5)14(18-21-13)15(20)17-11-16(6,8-2)19(9-3)10-4;1-6-10-16(5,19(8-3)9-4)12-17-15(20)14-11-13(7-2)21-18-14;1-6-13-11-14(18-21-13)15(20)17-12-16(7-2,8-3)19(9-4)10-5;1-6-12-10-13(17-20-12)14(19)16-11-15(5,7-2)18(8-3)9-4/h2*7-12H2,1-6H3,(H,18,21);7-11H2,1-6H3,(H,17,20);2*11H,6-10,12H2,1-5H3,(H,17,20);10H,6-9,11H2,1-5H3,(H,16,19). The minimum Gasteiger partial charge on any atom is -0.361 e. The molecule has 0 spiro atoms. The van der Waals surface area contributed by atoms with Crippen molar-refractivity contribution in [3.05, 3.63) is 104 Å². The Hall–Kier alpha value is -8.16. The first-order valence-corrected chi connectivity index (χ1v) is 48.3. The van der Waals surface area contributed by atoms with Gasteiger partial charge in [-0.05, 0) is 178 Å². The highest BCUT2D eigenvalue weighted by Gasteiger charge is 2.38. The third kappa shape index (κ3) is 33.9. The van der Waals surface area contributed by atoms with Crippen molar-refractivity contribution in [1.29, 1.82) is 0 Å². The van der Waals surface area contributed by atoms with Gasteiger partial charge < -0.3 is 59.0 Å². The lowest BCUT2D eigenvalue weighted by Gasteiger charge is -2.42. The summed E-state index contributed by atoms with van der Waals surface area (Å²) in [6, 6.07) is 5.13. The molecule has 4 unspecified atom stereocenters. The van der Waals surface area contributed by atoms with Crippen LogP contribution >= 0.6 is 0 Å². The molecule has 0 saturated carbocycles. The quantitative estimate of drug-likeness (QED) is 0.0207. The molecule has 0 bridgehead atoms. The predicted molar refractivity (Wildman–Crippen MR) is 512 cm³/mol. The van der Waals surface area contributed by atoms with Gasteiger partial charge in [-0.15, -0.1) is 0 Å². The number of hydrogen-bond acceptors (Lipinski definition) is 24. The van der Waals surface area contributed by atoms with Gasteiger partial charge >= 0.3 is 0 Å². The summed E-state index contributed by atoms with van der Waals surface area (Å²) in [6.07, 6.45) is 14.7. The molecule has 127 heavy (non-hydrogen) atoms. The van der Waals surface area contributed by atoms with E-state index in [0.717, 1.165) is 233 Å². The summed E-state index contributed by atoms with van der Waals surface area (Å²) in [5.41, 5.74) is 4.76. The zero-order valence-electron chi connectivity index (χ0n) is 85.5. The zero-order valence-corrected chi connectivity index (χ0v) is 85.5. The van der Waals surface area contributed by atoms with E-state index in [1.165, 1.54) is 0 Å². The van der Waals surface area contributed by atoms with Crippen LogP contribution in [0.5, 0.6) is 0 Å². The molecule has 6 N–H and O–H groups in total. The van der Waals surface area contributed by atoms with Gasteiger partial charge in [0.15, 0.2) is 34.2 Å². The Morgan fingerprint density at radius 1 is 0.268 bits per heavy atom. The molecule has 30 heteroatoms. The van der Waals surface area contributed by atoms with Gasteiger partial charge in [0, 0.05) is 146 Å². The van der Waals surface area contributed by atoms with Crippen molar-refractivity contribution in [2.24, 2.45) is 0 Å². The van der Waals surface area contributed by atoms with Gasteiger partial charge in [0.25, 0.3) is 35.4 Å². The van der Waals surface area contributed by atoms with E-state index in [9.17, 15) is 28.8 Å².